The molecule has 0 aromatic rings. The first-order valence-electron chi connectivity index (χ1n) is 6.30. The molecule has 0 N–H and O–H groups in total. The smallest absolute Gasteiger partial charge is 0.306 e. The van der Waals surface area contributed by atoms with Crippen molar-refractivity contribution >= 4 is 16.8 Å². The number of methoxy groups -OCH3 is 1. The molecule has 0 aliphatic carbocycles. The minimum Gasteiger partial charge on any atom is -0.469 e. The van der Waals surface area contributed by atoms with Gasteiger partial charge in [0.1, 0.15) is 0 Å². The molecule has 0 aromatic heterocycles. The number of rotatable bonds is 7. The quantitative estimate of drug-likeness (QED) is 0.646. The van der Waals surface area contributed by atoms with Gasteiger partial charge in [0.05, 0.1) is 13.5 Å². The normalized spacial score (nSPS) is 20.1. The fourth-order valence-corrected chi connectivity index (χ4v) is 3.19. The molecule has 100 valence electrons. The Morgan fingerprint density at radius 2 is 2.06 bits per heavy atom. The third-order valence-corrected chi connectivity index (χ3v) is 4.90. The largest absolute Gasteiger partial charge is 0.469 e. The summed E-state index contributed by atoms with van der Waals surface area (Å²) in [5, 5.41) is -0.0963. The highest BCUT2D eigenvalue weighted by Gasteiger charge is 2.16. The van der Waals surface area contributed by atoms with Gasteiger partial charge in [-0.3, -0.25) is 9.00 Å². The number of nitrogens with zero attached hydrogens (tertiary/aromatic N) is 1. The zero-order valence-electron chi connectivity index (χ0n) is 10.8. The number of hydrogen-bond donors (Lipinski definition) is 0. The summed E-state index contributed by atoms with van der Waals surface area (Å²) in [7, 11) is 0.452. The van der Waals surface area contributed by atoms with Crippen LogP contribution in [0.5, 0.6) is 0 Å². The van der Waals surface area contributed by atoms with E-state index < -0.39 is 10.8 Å². The zero-order valence-corrected chi connectivity index (χ0v) is 11.6. The van der Waals surface area contributed by atoms with E-state index in [1.54, 1.807) is 0 Å². The van der Waals surface area contributed by atoms with Crippen LogP contribution in [0.4, 0.5) is 0 Å². The van der Waals surface area contributed by atoms with Gasteiger partial charge in [0.2, 0.25) is 0 Å². The van der Waals surface area contributed by atoms with Crippen LogP contribution in [0.15, 0.2) is 0 Å². The van der Waals surface area contributed by atoms with E-state index in [2.05, 4.69) is 9.64 Å². The van der Waals surface area contributed by atoms with Gasteiger partial charge in [-0.25, -0.2) is 0 Å². The van der Waals surface area contributed by atoms with Gasteiger partial charge in [-0.15, -0.1) is 0 Å². The second-order valence-corrected chi connectivity index (χ2v) is 6.55. The van der Waals surface area contributed by atoms with Gasteiger partial charge in [0, 0.05) is 21.8 Å². The maximum Gasteiger partial charge on any atom is 0.306 e. The molecular formula is C12H23NO3S. The fraction of sp³-hybridized carbons (Fsp3) is 0.917. The van der Waals surface area contributed by atoms with Gasteiger partial charge in [0.15, 0.2) is 0 Å². The maximum atomic E-state index is 11.9. The molecule has 17 heavy (non-hydrogen) atoms. The van der Waals surface area contributed by atoms with Crippen molar-refractivity contribution in [2.45, 2.75) is 37.9 Å². The third kappa shape index (κ3) is 5.64. The summed E-state index contributed by atoms with van der Waals surface area (Å²) in [6, 6.07) is 0. The lowest BCUT2D eigenvalue weighted by molar-refractivity contribution is -0.140. The zero-order chi connectivity index (χ0) is 12.7. The van der Waals surface area contributed by atoms with Gasteiger partial charge in [-0.05, 0) is 38.9 Å². The van der Waals surface area contributed by atoms with E-state index in [0.29, 0.717) is 5.75 Å². The first kappa shape index (κ1) is 14.6. The van der Waals surface area contributed by atoms with E-state index in [-0.39, 0.29) is 17.6 Å². The number of esters is 1. The summed E-state index contributed by atoms with van der Waals surface area (Å²) in [6.45, 7) is 5.26. The molecule has 0 radical (unpaired) electrons. The predicted octanol–water partition coefficient (Wildman–Crippen LogP) is 1.17. The highest BCUT2D eigenvalue weighted by atomic mass is 32.2. The molecule has 0 amide bonds. The Balaban J connectivity index is 2.12. The molecule has 1 aliphatic heterocycles. The molecule has 1 fully saturated rings. The molecule has 4 nitrogen and oxygen atoms in total. The van der Waals surface area contributed by atoms with E-state index in [1.165, 1.54) is 33.0 Å². The fourth-order valence-electron chi connectivity index (χ4n) is 2.05. The average Bonchev–Trinajstić information content (AvgIpc) is 2.81. The molecule has 2 atom stereocenters. The van der Waals surface area contributed by atoms with Crippen LogP contribution in [-0.2, 0) is 20.3 Å². The Morgan fingerprint density at radius 1 is 1.41 bits per heavy atom. The minimum absolute atomic E-state index is 0.0963. The van der Waals surface area contributed by atoms with Crippen molar-refractivity contribution in [1.29, 1.82) is 0 Å². The Bertz CT molecular complexity index is 264. The van der Waals surface area contributed by atoms with Crippen molar-refractivity contribution < 1.29 is 13.7 Å². The molecule has 0 spiro atoms. The van der Waals surface area contributed by atoms with Crippen molar-refractivity contribution in [1.82, 2.24) is 4.90 Å². The molecule has 0 bridgehead atoms. The monoisotopic (exact) mass is 261 g/mol. The molecule has 1 saturated heterocycles. The molecule has 5 heteroatoms. The van der Waals surface area contributed by atoms with Gasteiger partial charge < -0.3 is 9.64 Å². The summed E-state index contributed by atoms with van der Waals surface area (Å²) in [6.07, 6.45) is 3.80. The van der Waals surface area contributed by atoms with Crippen molar-refractivity contribution in [3.63, 3.8) is 0 Å². The maximum absolute atomic E-state index is 11.9. The van der Waals surface area contributed by atoms with Crippen LogP contribution in [-0.4, -0.2) is 52.8 Å². The SMILES string of the molecule is COC(=O)CC(C)S(=O)CCCN1CCCC1. The molecule has 1 heterocycles. The van der Waals surface area contributed by atoms with E-state index in [1.807, 2.05) is 6.92 Å². The van der Waals surface area contributed by atoms with Crippen LogP contribution in [0, 0.1) is 0 Å². The third-order valence-electron chi connectivity index (χ3n) is 3.15. The van der Waals surface area contributed by atoms with Crippen LogP contribution in [0.25, 0.3) is 0 Å². The van der Waals surface area contributed by atoms with Gasteiger partial charge in [-0.2, -0.15) is 0 Å². The van der Waals surface area contributed by atoms with Crippen LogP contribution < -0.4 is 0 Å². The Hall–Kier alpha value is -0.420. The number of likely N-dealkylation sites (tertiary alicyclic amines) is 1. The number of carbonyl (C=O) groups is 1. The first-order valence-corrected chi connectivity index (χ1v) is 7.68. The van der Waals surface area contributed by atoms with E-state index in [4.69, 9.17) is 0 Å². The Kier molecular flexibility index (Phi) is 6.73. The van der Waals surface area contributed by atoms with Gasteiger partial charge in [-0.1, -0.05) is 6.92 Å². The lowest BCUT2D eigenvalue weighted by atomic mass is 10.3. The van der Waals surface area contributed by atoms with Crippen molar-refractivity contribution in [2.24, 2.45) is 0 Å². The molecule has 2 unspecified atom stereocenters. The van der Waals surface area contributed by atoms with Crippen molar-refractivity contribution in [3.05, 3.63) is 0 Å². The number of carbonyl (C=O) groups excluding carboxylic acids is 1. The lowest BCUT2D eigenvalue weighted by Gasteiger charge is -2.15. The van der Waals surface area contributed by atoms with Crippen LogP contribution in [0.1, 0.15) is 32.6 Å². The van der Waals surface area contributed by atoms with Gasteiger partial charge in [0.25, 0.3) is 0 Å². The number of ether oxygens (including phenoxy) is 1. The summed E-state index contributed by atoms with van der Waals surface area (Å²) in [5.41, 5.74) is 0. The molecule has 0 aromatic carbocycles. The topological polar surface area (TPSA) is 46.6 Å². The lowest BCUT2D eigenvalue weighted by Crippen LogP contribution is -2.24. The summed E-state index contributed by atoms with van der Waals surface area (Å²) < 4.78 is 16.4. The standard InChI is InChI=1S/C12H23NO3S/c1-11(10-12(14)16-2)17(15)9-5-8-13-6-3-4-7-13/h11H,3-10H2,1-2H3. The first-order chi connectivity index (χ1) is 8.13. The molecule has 1 aliphatic rings. The Morgan fingerprint density at radius 3 is 2.65 bits per heavy atom. The van der Waals surface area contributed by atoms with Crippen LogP contribution >= 0.6 is 0 Å². The second-order valence-electron chi connectivity index (χ2n) is 4.58. The second kappa shape index (κ2) is 7.82. The molecule has 1 rings (SSSR count). The highest BCUT2D eigenvalue weighted by molar-refractivity contribution is 7.85. The van der Waals surface area contributed by atoms with Crippen molar-refractivity contribution in [2.75, 3.05) is 32.5 Å². The predicted molar refractivity (Wildman–Crippen MR) is 69.4 cm³/mol. The van der Waals surface area contributed by atoms with Crippen LogP contribution in [0.3, 0.4) is 0 Å². The average molecular weight is 261 g/mol. The summed E-state index contributed by atoms with van der Waals surface area (Å²) >= 11 is 0. The van der Waals surface area contributed by atoms with Crippen molar-refractivity contribution in [3.8, 4) is 0 Å². The summed E-state index contributed by atoms with van der Waals surface area (Å²) in [5.74, 6) is 0.416. The number of hydrogen-bond acceptors (Lipinski definition) is 4. The van der Waals surface area contributed by atoms with Gasteiger partial charge >= 0.3 is 5.97 Å². The highest BCUT2D eigenvalue weighted by Crippen LogP contribution is 2.09. The van der Waals surface area contributed by atoms with E-state index >= 15 is 0 Å². The van der Waals surface area contributed by atoms with E-state index in [9.17, 15) is 9.00 Å². The van der Waals surface area contributed by atoms with Crippen LogP contribution in [0.2, 0.25) is 0 Å². The summed E-state index contributed by atoms with van der Waals surface area (Å²) in [4.78, 5) is 13.5. The minimum atomic E-state index is -0.914. The molecular weight excluding hydrogens is 238 g/mol. The Labute approximate surface area is 106 Å². The molecule has 0 saturated carbocycles. The van der Waals surface area contributed by atoms with E-state index in [0.717, 1.165) is 13.0 Å².